The number of allylic oxidation sites excluding steroid dienone is 4. The molecule has 0 aromatic carbocycles. The Morgan fingerprint density at radius 3 is 1.00 bits per heavy atom. The normalized spacial score (nSPS) is 17.5. The van der Waals surface area contributed by atoms with Crippen LogP contribution in [0.1, 0.15) is 34.6 Å². The maximum atomic E-state index is 2.43. The third kappa shape index (κ3) is 3.91. The quantitative estimate of drug-likeness (QED) is 0.366. The second-order valence-electron chi connectivity index (χ2n) is 3.21. The minimum absolute atomic E-state index is 0.252. The van der Waals surface area contributed by atoms with Crippen LogP contribution in [0.25, 0.3) is 0 Å². The second-order valence-corrected chi connectivity index (χ2v) is 22.4. The minimum atomic E-state index is 0.252. The number of hydrogen-bond acceptors (Lipinski definition) is 0. The van der Waals surface area contributed by atoms with Crippen LogP contribution < -0.4 is 0 Å². The van der Waals surface area contributed by atoms with Crippen LogP contribution in [-0.2, 0) is 0 Å². The molecule has 0 bridgehead atoms. The van der Waals surface area contributed by atoms with Crippen molar-refractivity contribution in [2.24, 2.45) is 0 Å². The Labute approximate surface area is 111 Å². The van der Waals surface area contributed by atoms with Crippen LogP contribution in [0.15, 0.2) is 22.3 Å². The molecule has 0 unspecified atom stereocenters. The SMILES string of the molecule is C[C]1C(C)=C(C)C(C)=C1C.[I][Ga][I]. The summed E-state index contributed by atoms with van der Waals surface area (Å²) in [6.07, 6.45) is 0. The van der Waals surface area contributed by atoms with E-state index in [1.807, 2.05) is 0 Å². The fourth-order valence-electron chi connectivity index (χ4n) is 1.41. The molecule has 13 heavy (non-hydrogen) atoms. The van der Waals surface area contributed by atoms with E-state index in [0.29, 0.717) is 0 Å². The van der Waals surface area contributed by atoms with E-state index < -0.39 is 0 Å². The average Bonchev–Trinajstić information content (AvgIpc) is 2.25. The second kappa shape index (κ2) is 6.95. The topological polar surface area (TPSA) is 0 Å². The maximum absolute atomic E-state index is 2.43. The summed E-state index contributed by atoms with van der Waals surface area (Å²) in [5.41, 5.74) is 5.87. The first kappa shape index (κ1) is 14.6. The van der Waals surface area contributed by atoms with Gasteiger partial charge in [0, 0.05) is 5.92 Å². The van der Waals surface area contributed by atoms with Gasteiger partial charge in [-0.25, -0.2) is 0 Å². The van der Waals surface area contributed by atoms with Gasteiger partial charge in [0.2, 0.25) is 0 Å². The molecule has 0 amide bonds. The van der Waals surface area contributed by atoms with Crippen molar-refractivity contribution in [1.82, 2.24) is 0 Å². The van der Waals surface area contributed by atoms with E-state index in [9.17, 15) is 0 Å². The Bertz CT molecular complexity index is 217. The van der Waals surface area contributed by atoms with Crippen LogP contribution in [0.2, 0.25) is 0 Å². The monoisotopic (exact) mass is 458 g/mol. The van der Waals surface area contributed by atoms with Gasteiger partial charge in [-0.3, -0.25) is 0 Å². The molecule has 2 radical (unpaired) electrons. The number of hydrogen-bond donors (Lipinski definition) is 0. The van der Waals surface area contributed by atoms with E-state index in [1.165, 1.54) is 28.2 Å². The summed E-state index contributed by atoms with van der Waals surface area (Å²) in [5, 5.41) is 0. The Morgan fingerprint density at radius 2 is 0.923 bits per heavy atom. The summed E-state index contributed by atoms with van der Waals surface area (Å²) < 4.78 is 0. The summed E-state index contributed by atoms with van der Waals surface area (Å²) in [6.45, 7) is 11.0. The fraction of sp³-hybridized carbons (Fsp3) is 0.500. The van der Waals surface area contributed by atoms with Crippen LogP contribution in [0.3, 0.4) is 0 Å². The van der Waals surface area contributed by atoms with Gasteiger partial charge in [0.1, 0.15) is 0 Å². The third-order valence-electron chi connectivity index (χ3n) is 2.81. The van der Waals surface area contributed by atoms with Crippen molar-refractivity contribution in [3.05, 3.63) is 28.2 Å². The van der Waals surface area contributed by atoms with Crippen molar-refractivity contribution in [1.29, 1.82) is 0 Å². The molecule has 1 aliphatic rings. The molecule has 0 spiro atoms. The van der Waals surface area contributed by atoms with Gasteiger partial charge < -0.3 is 0 Å². The molecule has 0 aromatic heterocycles. The molecule has 0 N–H and O–H groups in total. The summed E-state index contributed by atoms with van der Waals surface area (Å²) in [4.78, 5) is 0. The van der Waals surface area contributed by atoms with Crippen molar-refractivity contribution in [3.8, 4) is 0 Å². The van der Waals surface area contributed by atoms with Crippen LogP contribution in [0.5, 0.6) is 0 Å². The first-order chi connectivity index (χ1) is 5.97. The molecule has 0 atom stereocenters. The molecule has 0 saturated heterocycles. The molecule has 1 rings (SSSR count). The van der Waals surface area contributed by atoms with Crippen molar-refractivity contribution >= 4 is 49.7 Å². The molecule has 0 fully saturated rings. The van der Waals surface area contributed by atoms with Gasteiger partial charge >= 0.3 is 49.7 Å². The number of halogens is 2. The standard InChI is InChI=1S/C10H15.Ga.2HI/c1-6-7(2)9(4)10(5)8(6)3;;;/h1-5H3;;2*1H/q;+2;;/p-2. The van der Waals surface area contributed by atoms with Gasteiger partial charge in [0.25, 0.3) is 0 Å². The van der Waals surface area contributed by atoms with Gasteiger partial charge in [0.15, 0.2) is 0 Å². The Balaban J connectivity index is 0.000000424. The van der Waals surface area contributed by atoms with E-state index in [2.05, 4.69) is 74.0 Å². The fourth-order valence-corrected chi connectivity index (χ4v) is 1.41. The Kier molecular flexibility index (Phi) is 7.79. The van der Waals surface area contributed by atoms with E-state index >= 15 is 0 Å². The zero-order chi connectivity index (χ0) is 10.6. The van der Waals surface area contributed by atoms with E-state index in [4.69, 9.17) is 0 Å². The van der Waals surface area contributed by atoms with Crippen molar-refractivity contribution < 1.29 is 0 Å². The van der Waals surface area contributed by atoms with Gasteiger partial charge in [0.05, 0.1) is 0 Å². The summed E-state index contributed by atoms with van der Waals surface area (Å²) in [6, 6.07) is 0. The molecular formula is C10H15GaI2. The van der Waals surface area contributed by atoms with Crippen LogP contribution in [0.4, 0.5) is 0 Å². The molecule has 0 aromatic rings. The molecule has 0 nitrogen and oxygen atoms in total. The molecule has 72 valence electrons. The van der Waals surface area contributed by atoms with Gasteiger partial charge in [-0.2, -0.15) is 0 Å². The zero-order valence-electron chi connectivity index (χ0n) is 8.83. The zero-order valence-corrected chi connectivity index (χ0v) is 15.6. The summed E-state index contributed by atoms with van der Waals surface area (Å²) in [5.74, 6) is 1.47. The van der Waals surface area contributed by atoms with Crippen molar-refractivity contribution in [2.75, 3.05) is 0 Å². The molecular weight excluding hydrogens is 444 g/mol. The first-order valence-electron chi connectivity index (χ1n) is 4.19. The third-order valence-corrected chi connectivity index (χ3v) is 2.81. The Morgan fingerprint density at radius 1 is 0.692 bits per heavy atom. The molecule has 1 aliphatic carbocycles. The summed E-state index contributed by atoms with van der Waals surface area (Å²) in [7, 11) is 0.252. The van der Waals surface area contributed by atoms with Crippen molar-refractivity contribution in [3.63, 3.8) is 0 Å². The van der Waals surface area contributed by atoms with E-state index in [0.717, 1.165) is 0 Å². The van der Waals surface area contributed by atoms with E-state index in [-0.39, 0.29) is 10.3 Å². The Hall–Kier alpha value is 1.58. The number of rotatable bonds is 0. The van der Waals surface area contributed by atoms with Crippen molar-refractivity contribution in [2.45, 2.75) is 34.6 Å². The molecule has 0 aliphatic heterocycles. The van der Waals surface area contributed by atoms with Gasteiger partial charge in [-0.05, 0) is 38.8 Å². The summed E-state index contributed by atoms with van der Waals surface area (Å²) >= 11 is 4.86. The molecule has 0 heterocycles. The van der Waals surface area contributed by atoms with E-state index in [1.54, 1.807) is 0 Å². The predicted octanol–water partition coefficient (Wildman–Crippen LogP) is 4.66. The van der Waals surface area contributed by atoms with Gasteiger partial charge in [-0.15, -0.1) is 0 Å². The molecule has 3 heteroatoms. The van der Waals surface area contributed by atoms with Crippen LogP contribution in [0, 0.1) is 5.92 Å². The predicted molar refractivity (Wildman–Crippen MR) is 79.5 cm³/mol. The molecule has 0 saturated carbocycles. The van der Waals surface area contributed by atoms with Crippen LogP contribution >= 0.6 is 39.3 Å². The van der Waals surface area contributed by atoms with Crippen LogP contribution in [-0.4, -0.2) is 10.3 Å². The average molecular weight is 459 g/mol. The first-order valence-corrected chi connectivity index (χ1v) is 19.0. The van der Waals surface area contributed by atoms with Gasteiger partial charge in [-0.1, -0.05) is 18.1 Å².